The van der Waals surface area contributed by atoms with E-state index in [-0.39, 0.29) is 0 Å². The molecule has 0 spiro atoms. The highest BCUT2D eigenvalue weighted by Crippen LogP contribution is 2.36. The van der Waals surface area contributed by atoms with Crippen LogP contribution < -0.4 is 0 Å². The lowest BCUT2D eigenvalue weighted by Gasteiger charge is -2.16. The second-order valence-electron chi connectivity index (χ2n) is 10.7. The van der Waals surface area contributed by atoms with Gasteiger partial charge in [0.1, 0.15) is 5.82 Å². The van der Waals surface area contributed by atoms with E-state index in [9.17, 15) is 0 Å². The third kappa shape index (κ3) is 4.05. The quantitative estimate of drug-likeness (QED) is 0.240. The summed E-state index contributed by atoms with van der Waals surface area (Å²) in [4.78, 5) is 4.92. The van der Waals surface area contributed by atoms with E-state index in [1.807, 2.05) is 6.20 Å². The number of fused-ring (bicyclic) bond motifs is 3. The summed E-state index contributed by atoms with van der Waals surface area (Å²) < 4.78 is 4.79. The van der Waals surface area contributed by atoms with E-state index in [0.717, 1.165) is 17.9 Å². The van der Waals surface area contributed by atoms with Crippen LogP contribution >= 0.6 is 0 Å². The third-order valence-electron chi connectivity index (χ3n) is 7.24. The minimum atomic E-state index is 0.514. The fraction of sp³-hybridized carbons (Fsp3) is 0.206. The smallest absolute Gasteiger partial charge is 0.140 e. The van der Waals surface area contributed by atoms with Crippen LogP contribution in [-0.4, -0.2) is 14.1 Å². The van der Waals surface area contributed by atoms with Gasteiger partial charge in [-0.2, -0.15) is 0 Å². The number of nitrogens with zero attached hydrogens (tertiary/aromatic N) is 3. The first-order valence-corrected chi connectivity index (χ1v) is 13.1. The van der Waals surface area contributed by atoms with Gasteiger partial charge in [0.05, 0.1) is 22.9 Å². The molecule has 3 heteroatoms. The van der Waals surface area contributed by atoms with Crippen LogP contribution in [0.3, 0.4) is 0 Å². The van der Waals surface area contributed by atoms with Crippen LogP contribution in [0.1, 0.15) is 30.5 Å². The number of hydrogen-bond acceptors (Lipinski definition) is 1. The summed E-state index contributed by atoms with van der Waals surface area (Å²) >= 11 is 0. The maximum atomic E-state index is 4.92. The molecule has 0 aliphatic rings. The molecule has 2 heterocycles. The largest absolute Gasteiger partial charge is 0.324 e. The van der Waals surface area contributed by atoms with Crippen molar-refractivity contribution in [1.29, 1.82) is 0 Å². The molecule has 37 heavy (non-hydrogen) atoms. The summed E-state index contributed by atoms with van der Waals surface area (Å²) in [6.07, 6.45) is 2.02. The molecule has 0 saturated carbocycles. The van der Waals surface area contributed by atoms with E-state index < -0.39 is 0 Å². The zero-order valence-electron chi connectivity index (χ0n) is 22.3. The van der Waals surface area contributed by atoms with Gasteiger partial charge in [-0.3, -0.25) is 0 Å². The number of hydrogen-bond donors (Lipinski definition) is 0. The molecule has 2 aromatic heterocycles. The SMILES string of the molecule is Cc1ccc2c(c1)c1cc(C)ccc1n2-c1ccc(-c2ncc(-c3ccccc3)n2CC(C)C)cc1C. The molecule has 3 nitrogen and oxygen atoms in total. The van der Waals surface area contributed by atoms with Crippen molar-refractivity contribution in [3.8, 4) is 28.3 Å². The van der Waals surface area contributed by atoms with Gasteiger partial charge in [0.2, 0.25) is 0 Å². The van der Waals surface area contributed by atoms with Gasteiger partial charge in [0.15, 0.2) is 0 Å². The van der Waals surface area contributed by atoms with Crippen molar-refractivity contribution in [2.45, 2.75) is 41.2 Å². The second-order valence-corrected chi connectivity index (χ2v) is 10.7. The van der Waals surface area contributed by atoms with Crippen molar-refractivity contribution in [3.05, 3.63) is 108 Å². The average Bonchev–Trinajstić information content (AvgIpc) is 3.43. The number of benzene rings is 4. The third-order valence-corrected chi connectivity index (χ3v) is 7.24. The standard InChI is InChI=1S/C34H33N3/c1-22(2)21-36-33(26-9-7-6-8-10-26)20-35-34(36)27-13-16-30(25(5)19-27)37-31-14-11-23(3)17-28(31)29-18-24(4)12-15-32(29)37/h6-20,22H,21H2,1-5H3. The van der Waals surface area contributed by atoms with Gasteiger partial charge in [-0.1, -0.05) is 67.4 Å². The minimum Gasteiger partial charge on any atom is -0.324 e. The Labute approximate surface area is 219 Å². The Balaban J connectivity index is 1.52. The first kappa shape index (κ1) is 23.3. The van der Waals surface area contributed by atoms with Gasteiger partial charge in [0.25, 0.3) is 0 Å². The molecular formula is C34H33N3. The van der Waals surface area contributed by atoms with Gasteiger partial charge in [-0.05, 0) is 80.3 Å². The zero-order valence-corrected chi connectivity index (χ0v) is 22.3. The van der Waals surface area contributed by atoms with E-state index >= 15 is 0 Å². The summed E-state index contributed by atoms with van der Waals surface area (Å²) in [7, 11) is 0. The molecule has 6 aromatic rings. The topological polar surface area (TPSA) is 22.8 Å². The Kier molecular flexibility index (Phi) is 5.72. The molecule has 184 valence electrons. The molecule has 0 fully saturated rings. The van der Waals surface area contributed by atoms with Crippen molar-refractivity contribution in [1.82, 2.24) is 14.1 Å². The summed E-state index contributed by atoms with van der Waals surface area (Å²) in [6, 6.07) is 30.9. The molecule has 0 unspecified atom stereocenters. The van der Waals surface area contributed by atoms with Gasteiger partial charge in [0, 0.05) is 28.6 Å². The average molecular weight is 484 g/mol. The van der Waals surface area contributed by atoms with E-state index in [4.69, 9.17) is 4.98 Å². The number of imidazole rings is 1. The molecule has 0 radical (unpaired) electrons. The highest BCUT2D eigenvalue weighted by molar-refractivity contribution is 6.09. The number of rotatable bonds is 5. The second kappa shape index (κ2) is 9.08. The van der Waals surface area contributed by atoms with Crippen LogP contribution in [0.15, 0.2) is 91.1 Å². The monoisotopic (exact) mass is 483 g/mol. The van der Waals surface area contributed by atoms with Crippen LogP contribution in [0.2, 0.25) is 0 Å². The Bertz CT molecular complexity index is 1690. The molecule has 6 rings (SSSR count). The van der Waals surface area contributed by atoms with E-state index in [0.29, 0.717) is 5.92 Å². The highest BCUT2D eigenvalue weighted by atomic mass is 15.1. The molecule has 0 N–H and O–H groups in total. The van der Waals surface area contributed by atoms with Crippen molar-refractivity contribution >= 4 is 21.8 Å². The lowest BCUT2D eigenvalue weighted by atomic mass is 10.1. The van der Waals surface area contributed by atoms with Crippen LogP contribution in [0.25, 0.3) is 50.1 Å². The Morgan fingerprint density at radius 2 is 1.35 bits per heavy atom. The molecule has 4 aromatic carbocycles. The van der Waals surface area contributed by atoms with Crippen molar-refractivity contribution in [2.75, 3.05) is 0 Å². The summed E-state index contributed by atoms with van der Waals surface area (Å²) in [5, 5.41) is 2.62. The highest BCUT2D eigenvalue weighted by Gasteiger charge is 2.18. The molecule has 0 bridgehead atoms. The van der Waals surface area contributed by atoms with Gasteiger partial charge in [-0.15, -0.1) is 0 Å². The predicted octanol–water partition coefficient (Wildman–Crippen LogP) is 8.90. The first-order valence-electron chi connectivity index (χ1n) is 13.1. The van der Waals surface area contributed by atoms with Gasteiger partial charge < -0.3 is 9.13 Å². The maximum absolute atomic E-state index is 4.92. The van der Waals surface area contributed by atoms with E-state index in [2.05, 4.69) is 129 Å². The fourth-order valence-corrected chi connectivity index (χ4v) is 5.55. The fourth-order valence-electron chi connectivity index (χ4n) is 5.55. The van der Waals surface area contributed by atoms with Gasteiger partial charge >= 0.3 is 0 Å². The lowest BCUT2D eigenvalue weighted by molar-refractivity contribution is 0.530. The van der Waals surface area contributed by atoms with Crippen LogP contribution in [0.5, 0.6) is 0 Å². The van der Waals surface area contributed by atoms with Crippen molar-refractivity contribution in [3.63, 3.8) is 0 Å². The summed E-state index contributed by atoms with van der Waals surface area (Å²) in [6.45, 7) is 12.0. The van der Waals surface area contributed by atoms with Crippen molar-refractivity contribution in [2.24, 2.45) is 5.92 Å². The van der Waals surface area contributed by atoms with Crippen LogP contribution in [0, 0.1) is 26.7 Å². The van der Waals surface area contributed by atoms with Crippen LogP contribution in [-0.2, 0) is 6.54 Å². The first-order chi connectivity index (χ1) is 17.9. The normalized spacial score (nSPS) is 11.7. The van der Waals surface area contributed by atoms with Gasteiger partial charge in [-0.25, -0.2) is 4.98 Å². The lowest BCUT2D eigenvalue weighted by Crippen LogP contribution is -2.08. The summed E-state index contributed by atoms with van der Waals surface area (Å²) in [5.74, 6) is 1.54. The molecule has 0 atom stereocenters. The molecule has 0 aliphatic carbocycles. The molecule has 0 amide bonds. The van der Waals surface area contributed by atoms with E-state index in [1.165, 1.54) is 55.4 Å². The Hall–Kier alpha value is -4.11. The van der Waals surface area contributed by atoms with Crippen molar-refractivity contribution < 1.29 is 0 Å². The Morgan fingerprint density at radius 1 is 0.703 bits per heavy atom. The number of aromatic nitrogens is 3. The van der Waals surface area contributed by atoms with Crippen LogP contribution in [0.4, 0.5) is 0 Å². The maximum Gasteiger partial charge on any atom is 0.140 e. The summed E-state index contributed by atoms with van der Waals surface area (Å²) in [5.41, 5.74) is 11.0. The minimum absolute atomic E-state index is 0.514. The predicted molar refractivity (Wildman–Crippen MR) is 156 cm³/mol. The Morgan fingerprint density at radius 3 is 1.95 bits per heavy atom. The molecular weight excluding hydrogens is 450 g/mol. The zero-order chi connectivity index (χ0) is 25.7. The molecule has 0 aliphatic heterocycles. The molecule has 0 saturated heterocycles. The number of aryl methyl sites for hydroxylation is 3. The van der Waals surface area contributed by atoms with E-state index in [1.54, 1.807) is 0 Å².